The molecule has 2 atom stereocenters. The Morgan fingerprint density at radius 1 is 1.50 bits per heavy atom. The summed E-state index contributed by atoms with van der Waals surface area (Å²) >= 11 is 1.81. The van der Waals surface area contributed by atoms with Gasteiger partial charge in [0, 0.05) is 15.8 Å². The SMILES string of the molecule is CCC(N)C(OCC1CC1)c1ccc(C)s1. The highest BCUT2D eigenvalue weighted by Gasteiger charge is 2.26. The van der Waals surface area contributed by atoms with Crippen LogP contribution in [0.1, 0.15) is 42.0 Å². The Kier molecular flexibility index (Phi) is 4.00. The predicted octanol–water partition coefficient (Wildman–Crippen LogP) is 3.26. The monoisotopic (exact) mass is 239 g/mol. The zero-order valence-electron chi connectivity index (χ0n) is 10.1. The molecule has 0 amide bonds. The summed E-state index contributed by atoms with van der Waals surface area (Å²) in [5.74, 6) is 0.799. The highest BCUT2D eigenvalue weighted by Crippen LogP contribution is 2.34. The summed E-state index contributed by atoms with van der Waals surface area (Å²) < 4.78 is 6.00. The van der Waals surface area contributed by atoms with Crippen LogP contribution in [0.5, 0.6) is 0 Å². The molecule has 0 saturated heterocycles. The molecule has 0 spiro atoms. The predicted molar refractivity (Wildman–Crippen MR) is 68.7 cm³/mol. The molecule has 1 heterocycles. The molecule has 2 N–H and O–H groups in total. The largest absolute Gasteiger partial charge is 0.371 e. The average molecular weight is 239 g/mol. The highest BCUT2D eigenvalue weighted by molar-refractivity contribution is 7.12. The second kappa shape index (κ2) is 5.30. The van der Waals surface area contributed by atoms with Gasteiger partial charge in [-0.1, -0.05) is 6.92 Å². The number of ether oxygens (including phenoxy) is 1. The van der Waals surface area contributed by atoms with Gasteiger partial charge in [0.1, 0.15) is 6.10 Å². The maximum atomic E-state index is 6.15. The second-order valence-corrected chi connectivity index (χ2v) is 6.04. The van der Waals surface area contributed by atoms with E-state index in [2.05, 4.69) is 26.0 Å². The first-order valence-electron chi connectivity index (χ1n) is 6.14. The van der Waals surface area contributed by atoms with Crippen molar-refractivity contribution in [1.82, 2.24) is 0 Å². The van der Waals surface area contributed by atoms with Gasteiger partial charge in [-0.25, -0.2) is 0 Å². The van der Waals surface area contributed by atoms with Crippen LogP contribution in [0.25, 0.3) is 0 Å². The van der Waals surface area contributed by atoms with Gasteiger partial charge in [0.05, 0.1) is 6.61 Å². The third kappa shape index (κ3) is 3.06. The molecule has 1 aliphatic rings. The fraction of sp³-hybridized carbons (Fsp3) is 0.692. The third-order valence-corrected chi connectivity index (χ3v) is 4.17. The number of nitrogens with two attached hydrogens (primary N) is 1. The van der Waals surface area contributed by atoms with Crippen LogP contribution in [0.15, 0.2) is 12.1 Å². The lowest BCUT2D eigenvalue weighted by Gasteiger charge is -2.22. The number of hydrogen-bond donors (Lipinski definition) is 1. The Morgan fingerprint density at radius 2 is 2.25 bits per heavy atom. The first-order valence-corrected chi connectivity index (χ1v) is 6.96. The van der Waals surface area contributed by atoms with Crippen molar-refractivity contribution in [1.29, 1.82) is 0 Å². The Labute approximate surface area is 102 Å². The van der Waals surface area contributed by atoms with Crippen molar-refractivity contribution < 1.29 is 4.74 Å². The smallest absolute Gasteiger partial charge is 0.107 e. The van der Waals surface area contributed by atoms with E-state index < -0.39 is 0 Å². The molecule has 1 aromatic heterocycles. The summed E-state index contributed by atoms with van der Waals surface area (Å²) in [5.41, 5.74) is 6.15. The van der Waals surface area contributed by atoms with Crippen molar-refractivity contribution in [2.75, 3.05) is 6.61 Å². The third-order valence-electron chi connectivity index (χ3n) is 3.11. The molecule has 90 valence electrons. The van der Waals surface area contributed by atoms with E-state index in [1.807, 2.05) is 0 Å². The van der Waals surface area contributed by atoms with Crippen LogP contribution in [0.2, 0.25) is 0 Å². The maximum absolute atomic E-state index is 6.15. The molecule has 16 heavy (non-hydrogen) atoms. The van der Waals surface area contributed by atoms with Crippen molar-refractivity contribution in [3.05, 3.63) is 21.9 Å². The normalized spacial score (nSPS) is 19.7. The van der Waals surface area contributed by atoms with E-state index in [-0.39, 0.29) is 12.1 Å². The summed E-state index contributed by atoms with van der Waals surface area (Å²) in [6.45, 7) is 5.14. The Hall–Kier alpha value is -0.380. The van der Waals surface area contributed by atoms with Crippen LogP contribution in [-0.4, -0.2) is 12.6 Å². The van der Waals surface area contributed by atoms with Gasteiger partial charge in [-0.15, -0.1) is 11.3 Å². The standard InChI is InChI=1S/C13H21NOS/c1-3-11(14)13(15-8-10-5-6-10)12-7-4-9(2)16-12/h4,7,10-11,13H,3,5-6,8,14H2,1-2H3. The van der Waals surface area contributed by atoms with Crippen molar-refractivity contribution >= 4 is 11.3 Å². The van der Waals surface area contributed by atoms with Gasteiger partial charge in [0.2, 0.25) is 0 Å². The van der Waals surface area contributed by atoms with Crippen LogP contribution >= 0.6 is 11.3 Å². The van der Waals surface area contributed by atoms with Crippen LogP contribution in [0, 0.1) is 12.8 Å². The number of aryl methyl sites for hydroxylation is 1. The van der Waals surface area contributed by atoms with E-state index in [4.69, 9.17) is 10.5 Å². The molecule has 0 bridgehead atoms. The van der Waals surface area contributed by atoms with Gasteiger partial charge in [0.15, 0.2) is 0 Å². The molecule has 2 nitrogen and oxygen atoms in total. The molecule has 3 heteroatoms. The van der Waals surface area contributed by atoms with Gasteiger partial charge in [-0.2, -0.15) is 0 Å². The van der Waals surface area contributed by atoms with Crippen molar-refractivity contribution in [2.45, 2.75) is 45.3 Å². The second-order valence-electron chi connectivity index (χ2n) is 4.72. The highest BCUT2D eigenvalue weighted by atomic mass is 32.1. The van der Waals surface area contributed by atoms with Gasteiger partial charge < -0.3 is 10.5 Å². The van der Waals surface area contributed by atoms with Crippen molar-refractivity contribution in [3.63, 3.8) is 0 Å². The average Bonchev–Trinajstić information content (AvgIpc) is 3.01. The van der Waals surface area contributed by atoms with Gasteiger partial charge in [0.25, 0.3) is 0 Å². The van der Waals surface area contributed by atoms with E-state index in [1.165, 1.54) is 22.6 Å². The minimum absolute atomic E-state index is 0.101. The van der Waals surface area contributed by atoms with E-state index in [9.17, 15) is 0 Å². The molecule has 0 aliphatic heterocycles. The first-order chi connectivity index (χ1) is 7.70. The molecule has 2 unspecified atom stereocenters. The van der Waals surface area contributed by atoms with Gasteiger partial charge in [-0.3, -0.25) is 0 Å². The topological polar surface area (TPSA) is 35.2 Å². The number of thiophene rings is 1. The lowest BCUT2D eigenvalue weighted by molar-refractivity contribution is 0.0291. The van der Waals surface area contributed by atoms with Crippen LogP contribution < -0.4 is 5.73 Å². The fourth-order valence-electron chi connectivity index (χ4n) is 1.76. The molecule has 0 radical (unpaired) electrons. The molecular weight excluding hydrogens is 218 g/mol. The van der Waals surface area contributed by atoms with E-state index in [0.717, 1.165) is 18.9 Å². The zero-order chi connectivity index (χ0) is 11.5. The summed E-state index contributed by atoms with van der Waals surface area (Å²) in [4.78, 5) is 2.62. The Bertz CT molecular complexity index is 332. The lowest BCUT2D eigenvalue weighted by Crippen LogP contribution is -2.29. The molecule has 1 aliphatic carbocycles. The summed E-state index contributed by atoms with van der Waals surface area (Å²) in [7, 11) is 0. The lowest BCUT2D eigenvalue weighted by atomic mass is 10.1. The molecule has 0 aromatic carbocycles. The van der Waals surface area contributed by atoms with Gasteiger partial charge >= 0.3 is 0 Å². The summed E-state index contributed by atoms with van der Waals surface area (Å²) in [6, 6.07) is 4.43. The molecular formula is C13H21NOS. The summed E-state index contributed by atoms with van der Waals surface area (Å²) in [6.07, 6.45) is 3.73. The Morgan fingerprint density at radius 3 is 2.75 bits per heavy atom. The number of rotatable bonds is 6. The molecule has 1 fully saturated rings. The molecule has 1 saturated carbocycles. The van der Waals surface area contributed by atoms with Crippen LogP contribution in [0.4, 0.5) is 0 Å². The quantitative estimate of drug-likeness (QED) is 0.827. The Balaban J connectivity index is 2.00. The molecule has 2 rings (SSSR count). The first kappa shape index (κ1) is 12.1. The van der Waals surface area contributed by atoms with E-state index in [1.54, 1.807) is 11.3 Å². The van der Waals surface area contributed by atoms with Gasteiger partial charge in [-0.05, 0) is 44.2 Å². The van der Waals surface area contributed by atoms with Crippen molar-refractivity contribution in [3.8, 4) is 0 Å². The van der Waals surface area contributed by atoms with E-state index >= 15 is 0 Å². The van der Waals surface area contributed by atoms with E-state index in [0.29, 0.717) is 0 Å². The maximum Gasteiger partial charge on any atom is 0.107 e. The van der Waals surface area contributed by atoms with Crippen LogP contribution in [-0.2, 0) is 4.74 Å². The number of hydrogen-bond acceptors (Lipinski definition) is 3. The van der Waals surface area contributed by atoms with Crippen LogP contribution in [0.3, 0.4) is 0 Å². The van der Waals surface area contributed by atoms with Crippen molar-refractivity contribution in [2.24, 2.45) is 11.7 Å². The fourth-order valence-corrected chi connectivity index (χ4v) is 2.76. The zero-order valence-corrected chi connectivity index (χ0v) is 10.9. The minimum atomic E-state index is 0.101. The molecule has 1 aromatic rings. The summed E-state index contributed by atoms with van der Waals surface area (Å²) in [5, 5.41) is 0. The minimum Gasteiger partial charge on any atom is -0.371 e.